The van der Waals surface area contributed by atoms with Gasteiger partial charge in [0.25, 0.3) is 5.91 Å². The zero-order chi connectivity index (χ0) is 18.5. The minimum Gasteiger partial charge on any atom is -0.482 e. The number of anilines is 1. The van der Waals surface area contributed by atoms with Crippen molar-refractivity contribution in [1.82, 2.24) is 0 Å². The van der Waals surface area contributed by atoms with Crippen LogP contribution in [0.4, 0.5) is 5.69 Å². The lowest BCUT2D eigenvalue weighted by Crippen LogP contribution is -2.23. The number of nitrogens with one attached hydrogen (secondary N) is 1. The largest absolute Gasteiger partial charge is 0.482 e. The molecule has 0 spiro atoms. The third kappa shape index (κ3) is 4.68. The summed E-state index contributed by atoms with van der Waals surface area (Å²) in [7, 11) is 0. The summed E-state index contributed by atoms with van der Waals surface area (Å²) in [5.74, 6) is -0.518. The maximum absolute atomic E-state index is 11.9. The first-order valence-corrected chi connectivity index (χ1v) is 8.92. The van der Waals surface area contributed by atoms with Crippen LogP contribution < -0.4 is 10.1 Å². The number of hydrogen-bond donors (Lipinski definition) is 1. The Morgan fingerprint density at radius 2 is 1.85 bits per heavy atom. The molecular formula is C19H17Cl2NO4. The average molecular weight is 394 g/mol. The van der Waals surface area contributed by atoms with Crippen LogP contribution in [0.25, 0.3) is 0 Å². The highest BCUT2D eigenvalue weighted by Crippen LogP contribution is 2.29. The number of ether oxygens (including phenoxy) is 2. The van der Waals surface area contributed by atoms with E-state index in [0.717, 1.165) is 19.3 Å². The second-order valence-corrected chi connectivity index (χ2v) is 6.67. The van der Waals surface area contributed by atoms with Gasteiger partial charge in [-0.2, -0.15) is 0 Å². The smallest absolute Gasteiger partial charge is 0.344 e. The number of rotatable bonds is 6. The molecule has 26 heavy (non-hydrogen) atoms. The molecule has 2 aromatic rings. The monoisotopic (exact) mass is 393 g/mol. The first-order chi connectivity index (χ1) is 12.5. The molecule has 0 atom stereocenters. The fraction of sp³-hybridized carbons (Fsp3) is 0.263. The second-order valence-electron chi connectivity index (χ2n) is 5.88. The molecular weight excluding hydrogens is 377 g/mol. The van der Waals surface area contributed by atoms with Gasteiger partial charge >= 0.3 is 5.97 Å². The Balaban J connectivity index is 1.43. The van der Waals surface area contributed by atoms with E-state index in [1.54, 1.807) is 18.2 Å². The molecule has 0 fully saturated rings. The van der Waals surface area contributed by atoms with Crippen LogP contribution in [0.15, 0.2) is 36.4 Å². The molecule has 1 aliphatic rings. The summed E-state index contributed by atoms with van der Waals surface area (Å²) in [6.07, 6.45) is 3.26. The first-order valence-electron chi connectivity index (χ1n) is 8.17. The third-order valence-electron chi connectivity index (χ3n) is 4.02. The summed E-state index contributed by atoms with van der Waals surface area (Å²) < 4.78 is 10.3. The summed E-state index contributed by atoms with van der Waals surface area (Å²) in [6.45, 7) is -0.695. The van der Waals surface area contributed by atoms with E-state index in [1.165, 1.54) is 11.1 Å². The van der Waals surface area contributed by atoms with Crippen molar-refractivity contribution < 1.29 is 19.1 Å². The van der Waals surface area contributed by atoms with Gasteiger partial charge in [0.1, 0.15) is 5.75 Å². The van der Waals surface area contributed by atoms with E-state index >= 15 is 0 Å². The molecule has 1 aliphatic carbocycles. The van der Waals surface area contributed by atoms with Gasteiger partial charge in [0, 0.05) is 0 Å². The molecule has 0 bridgehead atoms. The molecule has 0 unspecified atom stereocenters. The summed E-state index contributed by atoms with van der Waals surface area (Å²) in [6, 6.07) is 10.7. The Bertz CT molecular complexity index is 838. The normalized spacial score (nSPS) is 12.4. The molecule has 136 valence electrons. The Labute approximate surface area is 161 Å². The second kappa shape index (κ2) is 8.43. The van der Waals surface area contributed by atoms with Gasteiger partial charge in [-0.05, 0) is 54.7 Å². The highest BCUT2D eigenvalue weighted by atomic mass is 35.5. The topological polar surface area (TPSA) is 64.6 Å². The van der Waals surface area contributed by atoms with E-state index in [4.69, 9.17) is 32.7 Å². The molecule has 2 aromatic carbocycles. The van der Waals surface area contributed by atoms with Crippen LogP contribution in [0, 0.1) is 0 Å². The van der Waals surface area contributed by atoms with Crippen molar-refractivity contribution in [3.63, 3.8) is 0 Å². The van der Waals surface area contributed by atoms with Crippen molar-refractivity contribution in [1.29, 1.82) is 0 Å². The highest BCUT2D eigenvalue weighted by molar-refractivity contribution is 6.44. The standard InChI is InChI=1S/C19H17Cl2NO4/c20-15-5-2-6-16(19(15)21)22-17(23)10-26-18(24)11-25-14-8-7-12-3-1-4-13(12)9-14/h2,5-9H,1,3-4,10-11H2,(H,22,23). The van der Waals surface area contributed by atoms with Gasteiger partial charge in [-0.1, -0.05) is 35.3 Å². The fourth-order valence-corrected chi connectivity index (χ4v) is 3.10. The van der Waals surface area contributed by atoms with Gasteiger partial charge in [-0.25, -0.2) is 4.79 Å². The van der Waals surface area contributed by atoms with Crippen molar-refractivity contribution in [2.75, 3.05) is 18.5 Å². The van der Waals surface area contributed by atoms with Crippen molar-refractivity contribution in [2.45, 2.75) is 19.3 Å². The number of carbonyl (C=O) groups is 2. The number of esters is 1. The van der Waals surface area contributed by atoms with Gasteiger partial charge in [0.05, 0.1) is 15.7 Å². The van der Waals surface area contributed by atoms with E-state index < -0.39 is 18.5 Å². The lowest BCUT2D eigenvalue weighted by atomic mass is 10.1. The van der Waals surface area contributed by atoms with Gasteiger partial charge < -0.3 is 14.8 Å². The molecule has 0 aliphatic heterocycles. The molecule has 7 heteroatoms. The van der Waals surface area contributed by atoms with Crippen molar-refractivity contribution in [2.24, 2.45) is 0 Å². The predicted octanol–water partition coefficient (Wildman–Crippen LogP) is 4.04. The van der Waals surface area contributed by atoms with Crippen molar-refractivity contribution >= 4 is 40.8 Å². The van der Waals surface area contributed by atoms with Crippen LogP contribution in [0.1, 0.15) is 17.5 Å². The van der Waals surface area contributed by atoms with Crippen LogP contribution in [-0.4, -0.2) is 25.1 Å². The SMILES string of the molecule is O=C(COC(=O)COc1ccc2c(c1)CCC2)Nc1cccc(Cl)c1Cl. The number of benzene rings is 2. The molecule has 5 nitrogen and oxygen atoms in total. The van der Waals surface area contributed by atoms with Crippen molar-refractivity contribution in [3.05, 3.63) is 57.6 Å². The van der Waals surface area contributed by atoms with E-state index in [2.05, 4.69) is 5.32 Å². The minimum atomic E-state index is -0.627. The Morgan fingerprint density at radius 3 is 2.69 bits per heavy atom. The summed E-state index contributed by atoms with van der Waals surface area (Å²) in [5, 5.41) is 3.09. The van der Waals surface area contributed by atoms with E-state index in [1.807, 2.05) is 18.2 Å². The summed E-state index contributed by atoms with van der Waals surface area (Å²) in [5.41, 5.74) is 2.94. The highest BCUT2D eigenvalue weighted by Gasteiger charge is 2.14. The molecule has 3 rings (SSSR count). The molecule has 0 heterocycles. The number of aryl methyl sites for hydroxylation is 2. The predicted molar refractivity (Wildman–Crippen MR) is 100 cm³/mol. The van der Waals surface area contributed by atoms with Gasteiger partial charge in [-0.3, -0.25) is 4.79 Å². The summed E-state index contributed by atoms with van der Waals surface area (Å²) in [4.78, 5) is 23.6. The molecule has 1 amide bonds. The quantitative estimate of drug-likeness (QED) is 0.751. The van der Waals surface area contributed by atoms with Crippen molar-refractivity contribution in [3.8, 4) is 5.75 Å². The van der Waals surface area contributed by atoms with Crippen LogP contribution in [0.3, 0.4) is 0 Å². The van der Waals surface area contributed by atoms with Gasteiger partial charge in [0.15, 0.2) is 13.2 Å². The number of halogens is 2. The maximum Gasteiger partial charge on any atom is 0.344 e. The van der Waals surface area contributed by atoms with Crippen LogP contribution in [-0.2, 0) is 27.2 Å². The van der Waals surface area contributed by atoms with E-state index in [-0.39, 0.29) is 11.6 Å². The van der Waals surface area contributed by atoms with E-state index in [9.17, 15) is 9.59 Å². The first kappa shape index (κ1) is 18.5. The Kier molecular flexibility index (Phi) is 6.01. The third-order valence-corrected chi connectivity index (χ3v) is 4.84. The van der Waals surface area contributed by atoms with Crippen LogP contribution >= 0.6 is 23.2 Å². The minimum absolute atomic E-state index is 0.230. The zero-order valence-corrected chi connectivity index (χ0v) is 15.4. The lowest BCUT2D eigenvalue weighted by molar-refractivity contribution is -0.149. The molecule has 0 saturated heterocycles. The Hall–Kier alpha value is -2.24. The number of hydrogen-bond acceptors (Lipinski definition) is 4. The maximum atomic E-state index is 11.9. The zero-order valence-electron chi connectivity index (χ0n) is 13.9. The Morgan fingerprint density at radius 1 is 1.04 bits per heavy atom. The fourth-order valence-electron chi connectivity index (χ4n) is 2.75. The average Bonchev–Trinajstić information content (AvgIpc) is 3.10. The lowest BCUT2D eigenvalue weighted by Gasteiger charge is -2.10. The van der Waals surface area contributed by atoms with Crippen LogP contribution in [0.2, 0.25) is 10.0 Å². The van der Waals surface area contributed by atoms with Crippen LogP contribution in [0.5, 0.6) is 5.75 Å². The van der Waals surface area contributed by atoms with E-state index in [0.29, 0.717) is 16.5 Å². The summed E-state index contributed by atoms with van der Waals surface area (Å²) >= 11 is 11.9. The number of fused-ring (bicyclic) bond motifs is 1. The molecule has 0 saturated carbocycles. The van der Waals surface area contributed by atoms with Gasteiger partial charge in [-0.15, -0.1) is 0 Å². The molecule has 0 aromatic heterocycles. The molecule has 0 radical (unpaired) electrons. The molecule has 1 N–H and O–H groups in total. The number of carbonyl (C=O) groups excluding carboxylic acids is 2. The number of amides is 1. The van der Waals surface area contributed by atoms with Gasteiger partial charge in [0.2, 0.25) is 0 Å².